The van der Waals surface area contributed by atoms with Gasteiger partial charge in [0.2, 0.25) is 16.7 Å². The summed E-state index contributed by atoms with van der Waals surface area (Å²) in [6, 6.07) is 0. The fourth-order valence-corrected chi connectivity index (χ4v) is 0.775. The highest BCUT2D eigenvalue weighted by molar-refractivity contribution is 7.79. The molecule has 0 bridgehead atoms. The second kappa shape index (κ2) is 6.51. The summed E-state index contributed by atoms with van der Waals surface area (Å²) in [7, 11) is -2.93. The fraction of sp³-hybridized carbons (Fsp3) is 0.571. The Kier molecular flexibility index (Phi) is 6.09. The molecule has 15 heavy (non-hydrogen) atoms. The zero-order chi connectivity index (χ0) is 11.9. The van der Waals surface area contributed by atoms with Crippen LogP contribution in [0.3, 0.4) is 0 Å². The van der Waals surface area contributed by atoms with E-state index in [9.17, 15) is 0 Å². The number of imidazole rings is 1. The Labute approximate surface area is 88.5 Å². The Morgan fingerprint density at radius 2 is 2.13 bits per heavy atom. The van der Waals surface area contributed by atoms with Crippen LogP contribution in [0.15, 0.2) is 18.7 Å². The number of aryl methyl sites for hydroxylation is 1. The lowest BCUT2D eigenvalue weighted by Gasteiger charge is -1.93. The first kappa shape index (κ1) is 14.0. The monoisotopic (exact) mass is 238 g/mol. The minimum absolute atomic E-state index is 0.650. The van der Waals surface area contributed by atoms with Gasteiger partial charge in [-0.3, -0.25) is 4.55 Å². The van der Waals surface area contributed by atoms with Gasteiger partial charge in [0.05, 0.1) is 7.05 Å². The van der Waals surface area contributed by atoms with E-state index in [0.717, 1.165) is 6.61 Å². The lowest BCUT2D eigenvalue weighted by molar-refractivity contribution is -0.671. The van der Waals surface area contributed by atoms with Gasteiger partial charge in [-0.15, -0.1) is 0 Å². The van der Waals surface area contributed by atoms with E-state index in [2.05, 4.69) is 0 Å². The molecule has 0 aliphatic rings. The van der Waals surface area contributed by atoms with Crippen LogP contribution in [0.4, 0.5) is 0 Å². The number of nitrogens with zero attached hydrogens (tertiary/aromatic N) is 2. The molecule has 0 aromatic carbocycles. The number of aromatic nitrogens is 2. The lowest BCUT2D eigenvalue weighted by atomic mass is 10.8. The van der Waals surface area contributed by atoms with Crippen LogP contribution in [-0.4, -0.2) is 28.7 Å². The molecule has 1 rings (SSSR count). The van der Waals surface area contributed by atoms with E-state index in [4.69, 9.17) is 22.3 Å². The maximum absolute atomic E-state index is 8.63. The number of hydrogen-bond donors (Lipinski definition) is 1. The van der Waals surface area contributed by atoms with Gasteiger partial charge in [0, 0.05) is 6.61 Å². The Balaban J connectivity index is 0.000000336. The van der Waals surface area contributed by atoms with Gasteiger partial charge in [-0.05, 0) is 6.92 Å². The average Bonchev–Trinajstić information content (AvgIpc) is 2.45. The highest BCUT2D eigenvalue weighted by Gasteiger charge is 1.96. The molecule has 1 aromatic heterocycles. The number of rotatable bonds is 3. The Bertz CT molecular complexity index is 364. The van der Waals surface area contributed by atoms with Crippen LogP contribution in [0.2, 0.25) is 0 Å². The van der Waals surface area contributed by atoms with E-state index in [1.807, 2.05) is 41.8 Å². The van der Waals surface area contributed by atoms with Crippen LogP contribution in [-0.2, 0) is 28.9 Å². The molecule has 0 fully saturated rings. The summed E-state index contributed by atoms with van der Waals surface area (Å²) >= 11 is 0. The van der Waals surface area contributed by atoms with Crippen LogP contribution in [0.25, 0.3) is 0 Å². The molecule has 0 spiro atoms. The third-order valence-electron chi connectivity index (χ3n) is 1.27. The van der Waals surface area contributed by atoms with E-state index in [0.29, 0.717) is 6.73 Å². The molecule has 0 aliphatic heterocycles. The molecular weight excluding hydrogens is 224 g/mol. The van der Waals surface area contributed by atoms with Crippen molar-refractivity contribution in [2.75, 3.05) is 6.61 Å². The van der Waals surface area contributed by atoms with Gasteiger partial charge < -0.3 is 9.29 Å². The number of ether oxygens (including phenoxy) is 1. The van der Waals surface area contributed by atoms with Crippen molar-refractivity contribution in [1.29, 1.82) is 0 Å². The molecule has 0 saturated heterocycles. The summed E-state index contributed by atoms with van der Waals surface area (Å²) in [4.78, 5) is 0. The molecule has 0 radical (unpaired) electrons. The summed E-state index contributed by atoms with van der Waals surface area (Å²) in [6.07, 6.45) is 5.95. The zero-order valence-corrected chi connectivity index (χ0v) is 9.35. The molecule has 0 amide bonds. The average molecular weight is 238 g/mol. The van der Waals surface area contributed by atoms with E-state index >= 15 is 0 Å². The van der Waals surface area contributed by atoms with E-state index in [1.165, 1.54) is 0 Å². The third kappa shape index (κ3) is 11.0. The smallest absolute Gasteiger partial charge is 0.245 e. The van der Waals surface area contributed by atoms with Crippen LogP contribution < -0.4 is 4.57 Å². The fourth-order valence-electron chi connectivity index (χ4n) is 0.775. The topological polar surface area (TPSA) is 95.5 Å². The predicted molar refractivity (Wildman–Crippen MR) is 49.6 cm³/mol. The SMILES string of the molecule is CCOCn1cc[n+](C)c1.O=S(=O)([O-])O. The van der Waals surface area contributed by atoms with Gasteiger partial charge in [0.15, 0.2) is 6.73 Å². The maximum atomic E-state index is 8.63. The second-order valence-electron chi connectivity index (χ2n) is 2.64. The molecule has 88 valence electrons. The summed E-state index contributed by atoms with van der Waals surface area (Å²) in [5.41, 5.74) is 0. The molecule has 1 heterocycles. The van der Waals surface area contributed by atoms with Crippen molar-refractivity contribution in [3.05, 3.63) is 18.7 Å². The molecule has 1 N–H and O–H groups in total. The minimum Gasteiger partial charge on any atom is -0.726 e. The van der Waals surface area contributed by atoms with Crippen LogP contribution >= 0.6 is 0 Å². The van der Waals surface area contributed by atoms with Crippen molar-refractivity contribution in [2.24, 2.45) is 7.05 Å². The summed E-state index contributed by atoms with van der Waals surface area (Å²) < 4.78 is 42.0. The van der Waals surface area contributed by atoms with Crippen molar-refractivity contribution in [1.82, 2.24) is 4.57 Å². The predicted octanol–water partition coefficient (Wildman–Crippen LogP) is -0.689. The van der Waals surface area contributed by atoms with Crippen molar-refractivity contribution in [2.45, 2.75) is 13.7 Å². The molecule has 0 saturated carbocycles. The van der Waals surface area contributed by atoms with Gasteiger partial charge in [-0.2, -0.15) is 0 Å². The highest BCUT2D eigenvalue weighted by Crippen LogP contribution is 1.84. The maximum Gasteiger partial charge on any atom is 0.245 e. The van der Waals surface area contributed by atoms with E-state index in [-0.39, 0.29) is 0 Å². The van der Waals surface area contributed by atoms with Gasteiger partial charge in [-0.25, -0.2) is 17.6 Å². The molecule has 0 atom stereocenters. The molecule has 8 heteroatoms. The normalized spacial score (nSPS) is 10.7. The van der Waals surface area contributed by atoms with Gasteiger partial charge in [0.1, 0.15) is 12.4 Å². The first-order chi connectivity index (χ1) is 6.83. The van der Waals surface area contributed by atoms with Crippen molar-refractivity contribution in [3.63, 3.8) is 0 Å². The largest absolute Gasteiger partial charge is 0.726 e. The molecule has 1 aromatic rings. The Morgan fingerprint density at radius 3 is 2.47 bits per heavy atom. The van der Waals surface area contributed by atoms with Gasteiger partial charge in [-0.1, -0.05) is 0 Å². The third-order valence-corrected chi connectivity index (χ3v) is 1.27. The van der Waals surface area contributed by atoms with Crippen molar-refractivity contribution in [3.8, 4) is 0 Å². The van der Waals surface area contributed by atoms with E-state index < -0.39 is 10.4 Å². The van der Waals surface area contributed by atoms with Gasteiger partial charge in [0.25, 0.3) is 0 Å². The first-order valence-corrected chi connectivity index (χ1v) is 5.46. The molecule has 0 unspecified atom stereocenters. The zero-order valence-electron chi connectivity index (χ0n) is 8.53. The minimum atomic E-state index is -4.92. The van der Waals surface area contributed by atoms with Crippen LogP contribution in [0.5, 0.6) is 0 Å². The Hall–Kier alpha value is -0.960. The summed E-state index contributed by atoms with van der Waals surface area (Å²) in [5.74, 6) is 0. The Morgan fingerprint density at radius 1 is 1.60 bits per heavy atom. The van der Waals surface area contributed by atoms with Crippen LogP contribution in [0, 0.1) is 0 Å². The lowest BCUT2D eigenvalue weighted by Crippen LogP contribution is -2.23. The molecular formula is C7H14N2O5S. The van der Waals surface area contributed by atoms with Crippen LogP contribution in [0.1, 0.15) is 6.92 Å². The van der Waals surface area contributed by atoms with Crippen molar-refractivity contribution < 1.29 is 26.8 Å². The summed E-state index contributed by atoms with van der Waals surface area (Å²) in [5, 5.41) is 0. The highest BCUT2D eigenvalue weighted by atomic mass is 32.3. The second-order valence-corrected chi connectivity index (χ2v) is 3.50. The van der Waals surface area contributed by atoms with E-state index in [1.54, 1.807) is 0 Å². The molecule has 7 nitrogen and oxygen atoms in total. The molecule has 0 aliphatic carbocycles. The number of hydrogen-bond acceptors (Lipinski definition) is 4. The van der Waals surface area contributed by atoms with Crippen molar-refractivity contribution >= 4 is 10.4 Å². The quantitative estimate of drug-likeness (QED) is 0.427. The van der Waals surface area contributed by atoms with Gasteiger partial charge >= 0.3 is 0 Å². The summed E-state index contributed by atoms with van der Waals surface area (Å²) in [6.45, 7) is 3.41. The first-order valence-electron chi connectivity index (χ1n) is 4.10. The standard InChI is InChI=1S/C7H13N2O.H2O4S/c1-3-10-7-9-5-4-8(2)6-9;1-5(2,3)4/h4-6H,3,7H2,1-2H3;(H2,1,2,3,4)/q+1;/p-1.